The number of nitrogens with zero attached hydrogens (tertiary/aromatic N) is 3. The largest absolute Gasteiger partial charge is 0.374 e. The van der Waals surface area contributed by atoms with Crippen LogP contribution in [-0.4, -0.2) is 71.8 Å². The van der Waals surface area contributed by atoms with Gasteiger partial charge in [-0.15, -0.1) is 0 Å². The van der Waals surface area contributed by atoms with Crippen molar-refractivity contribution >= 4 is 39.1 Å². The van der Waals surface area contributed by atoms with Gasteiger partial charge >= 0.3 is 0 Å². The van der Waals surface area contributed by atoms with Crippen LogP contribution in [0, 0.1) is 16.0 Å². The number of piperidine rings is 3. The maximum absolute atomic E-state index is 13.4. The van der Waals surface area contributed by atoms with Gasteiger partial charge in [-0.1, -0.05) is 28.1 Å². The molecular weight excluding hydrogens is 502 g/mol. The third kappa shape index (κ3) is 5.60. The van der Waals surface area contributed by atoms with Crippen molar-refractivity contribution in [3.63, 3.8) is 0 Å². The first kappa shape index (κ1) is 24.7. The van der Waals surface area contributed by atoms with Gasteiger partial charge in [-0.3, -0.25) is 19.7 Å². The van der Waals surface area contributed by atoms with Crippen LogP contribution in [0.25, 0.3) is 0 Å². The lowest BCUT2D eigenvalue weighted by molar-refractivity contribution is -0.384. The van der Waals surface area contributed by atoms with Crippen LogP contribution < -0.4 is 10.6 Å². The van der Waals surface area contributed by atoms with Crippen molar-refractivity contribution in [1.82, 2.24) is 15.1 Å². The molecule has 1 unspecified atom stereocenters. The minimum Gasteiger partial charge on any atom is -0.374 e. The van der Waals surface area contributed by atoms with Crippen LogP contribution in [0.3, 0.4) is 0 Å². The number of nitro groups is 1. The highest BCUT2D eigenvalue weighted by Crippen LogP contribution is 2.35. The third-order valence-electron chi connectivity index (χ3n) is 6.88. The summed E-state index contributed by atoms with van der Waals surface area (Å²) in [6, 6.07) is 2.92. The van der Waals surface area contributed by atoms with Crippen molar-refractivity contribution < 1.29 is 14.5 Å². The van der Waals surface area contributed by atoms with E-state index in [1.165, 1.54) is 6.07 Å². The summed E-state index contributed by atoms with van der Waals surface area (Å²) in [4.78, 5) is 41.6. The highest BCUT2D eigenvalue weighted by molar-refractivity contribution is 9.10. The Labute approximate surface area is 208 Å². The second kappa shape index (κ2) is 10.9. The molecule has 3 aliphatic heterocycles. The molecule has 3 aliphatic rings. The average Bonchev–Trinajstić information content (AvgIpc) is 2.84. The number of benzene rings is 1. The van der Waals surface area contributed by atoms with Crippen molar-refractivity contribution in [2.75, 3.05) is 44.6 Å². The van der Waals surface area contributed by atoms with Crippen LogP contribution in [0.5, 0.6) is 0 Å². The second-order valence-corrected chi connectivity index (χ2v) is 10.4. The molecular formula is C24H32BrN5O4. The van der Waals surface area contributed by atoms with E-state index in [-0.39, 0.29) is 35.1 Å². The summed E-state index contributed by atoms with van der Waals surface area (Å²) in [6.07, 6.45) is 5.21. The molecule has 0 saturated carbocycles. The quantitative estimate of drug-likeness (QED) is 0.340. The number of anilines is 1. The summed E-state index contributed by atoms with van der Waals surface area (Å²) < 4.78 is 0.496. The summed E-state index contributed by atoms with van der Waals surface area (Å²) in [5, 5.41) is 18.5. The van der Waals surface area contributed by atoms with Gasteiger partial charge in [0.25, 0.3) is 11.6 Å². The van der Waals surface area contributed by atoms with E-state index in [0.29, 0.717) is 49.2 Å². The molecule has 0 radical (unpaired) electrons. The minimum absolute atomic E-state index is 0.0924. The van der Waals surface area contributed by atoms with E-state index < -0.39 is 4.92 Å². The summed E-state index contributed by atoms with van der Waals surface area (Å²) >= 11 is 3.34. The highest BCUT2D eigenvalue weighted by Gasteiger charge is 2.33. The lowest BCUT2D eigenvalue weighted by atomic mass is 9.93. The van der Waals surface area contributed by atoms with Gasteiger partial charge in [0.1, 0.15) is 5.69 Å². The minimum atomic E-state index is -0.453. The van der Waals surface area contributed by atoms with Crippen LogP contribution in [-0.2, 0) is 4.79 Å². The number of halogens is 1. The number of likely N-dealkylation sites (tertiary alicyclic amines) is 2. The molecule has 0 aromatic heterocycles. The predicted molar refractivity (Wildman–Crippen MR) is 134 cm³/mol. The standard InChI is InChI=1S/C24H32BrN5O4/c1-16-10-17(14-26-13-16)23(31)29-9-5-6-19(15-29)27-22-20(11-18(25)12-21(22)30(33)34)24(32)28-7-3-2-4-8-28/h11-12,17,19,26-27H,1-10,13-15H2/t17?,19-/m1/s1. The molecule has 1 aromatic rings. The Morgan fingerprint density at radius 1 is 1.15 bits per heavy atom. The van der Waals surface area contributed by atoms with E-state index in [2.05, 4.69) is 33.1 Å². The van der Waals surface area contributed by atoms with E-state index >= 15 is 0 Å². The Bertz CT molecular complexity index is 978. The molecule has 9 nitrogen and oxygen atoms in total. The van der Waals surface area contributed by atoms with Gasteiger partial charge in [0.15, 0.2) is 0 Å². The molecule has 3 saturated heterocycles. The van der Waals surface area contributed by atoms with Crippen LogP contribution in [0.4, 0.5) is 11.4 Å². The van der Waals surface area contributed by atoms with Crippen molar-refractivity contribution in [1.29, 1.82) is 0 Å². The van der Waals surface area contributed by atoms with Gasteiger partial charge in [-0.05, 0) is 44.6 Å². The van der Waals surface area contributed by atoms with Gasteiger partial charge in [-0.2, -0.15) is 0 Å². The van der Waals surface area contributed by atoms with Crippen molar-refractivity contribution in [2.45, 2.75) is 44.6 Å². The Kier molecular flexibility index (Phi) is 7.88. The van der Waals surface area contributed by atoms with Crippen LogP contribution in [0.2, 0.25) is 0 Å². The van der Waals surface area contributed by atoms with Crippen molar-refractivity contribution in [3.05, 3.63) is 44.4 Å². The lowest BCUT2D eigenvalue weighted by Crippen LogP contribution is -2.50. The summed E-state index contributed by atoms with van der Waals surface area (Å²) in [6.45, 7) is 7.83. The Morgan fingerprint density at radius 2 is 1.88 bits per heavy atom. The molecule has 4 rings (SSSR count). The molecule has 2 N–H and O–H groups in total. The number of hydrogen-bond donors (Lipinski definition) is 2. The van der Waals surface area contributed by atoms with Crippen LogP contribution in [0.1, 0.15) is 48.9 Å². The van der Waals surface area contributed by atoms with Gasteiger partial charge in [-0.25, -0.2) is 0 Å². The first-order valence-electron chi connectivity index (χ1n) is 12.0. The van der Waals surface area contributed by atoms with E-state index in [1.54, 1.807) is 11.0 Å². The zero-order valence-corrected chi connectivity index (χ0v) is 20.9. The Balaban J connectivity index is 1.55. The van der Waals surface area contributed by atoms with Crippen molar-refractivity contribution in [3.8, 4) is 0 Å². The molecule has 3 heterocycles. The van der Waals surface area contributed by atoms with E-state index in [4.69, 9.17) is 0 Å². The zero-order chi connectivity index (χ0) is 24.2. The normalized spacial score (nSPS) is 23.5. The summed E-state index contributed by atoms with van der Waals surface area (Å²) in [7, 11) is 0. The SMILES string of the molecule is C=C1CNCC(C(=O)N2CCC[C@@H](Nc3c(C(=O)N4CCCCC4)cc(Br)cc3[N+](=O)[O-])C2)C1. The fourth-order valence-electron chi connectivity index (χ4n) is 5.17. The first-order chi connectivity index (χ1) is 16.3. The molecule has 3 fully saturated rings. The smallest absolute Gasteiger partial charge is 0.294 e. The molecule has 2 atom stereocenters. The molecule has 2 amide bonds. The van der Waals surface area contributed by atoms with Crippen LogP contribution in [0.15, 0.2) is 28.8 Å². The predicted octanol–water partition coefficient (Wildman–Crippen LogP) is 3.55. The average molecular weight is 534 g/mol. The monoisotopic (exact) mass is 533 g/mol. The number of nitro benzene ring substituents is 1. The molecule has 0 spiro atoms. The molecule has 0 aliphatic carbocycles. The zero-order valence-electron chi connectivity index (χ0n) is 19.4. The molecule has 184 valence electrons. The van der Waals surface area contributed by atoms with E-state index in [1.807, 2.05) is 4.90 Å². The maximum atomic E-state index is 13.4. The van der Waals surface area contributed by atoms with Gasteiger partial charge in [0.05, 0.1) is 16.4 Å². The molecule has 34 heavy (non-hydrogen) atoms. The van der Waals surface area contributed by atoms with E-state index in [9.17, 15) is 19.7 Å². The number of nitrogens with one attached hydrogen (secondary N) is 2. The van der Waals surface area contributed by atoms with Gasteiger partial charge in [0, 0.05) is 55.8 Å². The Morgan fingerprint density at radius 3 is 2.59 bits per heavy atom. The first-order valence-corrected chi connectivity index (χ1v) is 12.8. The number of carbonyl (C=O) groups is 2. The second-order valence-electron chi connectivity index (χ2n) is 9.51. The lowest BCUT2D eigenvalue weighted by Gasteiger charge is -2.37. The van der Waals surface area contributed by atoms with E-state index in [0.717, 1.165) is 44.2 Å². The number of carbonyl (C=O) groups excluding carboxylic acids is 2. The summed E-state index contributed by atoms with van der Waals surface area (Å²) in [5.41, 5.74) is 1.45. The molecule has 1 aromatic carbocycles. The number of hydrogen-bond acceptors (Lipinski definition) is 6. The van der Waals surface area contributed by atoms with Gasteiger partial charge < -0.3 is 20.4 Å². The third-order valence-corrected chi connectivity index (χ3v) is 7.34. The van der Waals surface area contributed by atoms with Gasteiger partial charge in [0.2, 0.25) is 5.91 Å². The van der Waals surface area contributed by atoms with Crippen LogP contribution >= 0.6 is 15.9 Å². The Hall–Kier alpha value is -2.46. The topological polar surface area (TPSA) is 108 Å². The number of amides is 2. The molecule has 10 heteroatoms. The fourth-order valence-corrected chi connectivity index (χ4v) is 5.62. The molecule has 0 bridgehead atoms. The number of rotatable bonds is 5. The highest BCUT2D eigenvalue weighted by atomic mass is 79.9. The van der Waals surface area contributed by atoms with Crippen molar-refractivity contribution in [2.24, 2.45) is 5.92 Å². The summed E-state index contributed by atoms with van der Waals surface area (Å²) in [5.74, 6) is -0.227. The fraction of sp³-hybridized carbons (Fsp3) is 0.583. The maximum Gasteiger partial charge on any atom is 0.294 e.